The molecule has 4 heteroatoms. The summed E-state index contributed by atoms with van der Waals surface area (Å²) in [5.74, 6) is 3.50. The maximum atomic E-state index is 9.13. The van der Waals surface area contributed by atoms with Crippen LogP contribution >= 0.6 is 15.9 Å². The van der Waals surface area contributed by atoms with Crippen LogP contribution in [0.1, 0.15) is 0 Å². The zero-order valence-electron chi connectivity index (χ0n) is 3.10. The van der Waals surface area contributed by atoms with Crippen LogP contribution in [0.5, 0.6) is 0 Å². The molecule has 0 aromatic heterocycles. The molecule has 0 heterocycles. The van der Waals surface area contributed by atoms with E-state index in [1.165, 1.54) is 0 Å². The average Bonchev–Trinajstić information content (AvgIpc) is 1.72. The number of nitrogens with two attached hydrogens (primary N) is 1. The summed E-state index contributed by atoms with van der Waals surface area (Å²) >= 11 is 2.88. The Kier molecular flexibility index (Phi) is 30.8. The van der Waals surface area contributed by atoms with Gasteiger partial charge in [-0.05, 0) is 0 Å². The summed E-state index contributed by atoms with van der Waals surface area (Å²) in [6.07, 6.45) is 0.792. The Morgan fingerprint density at radius 2 is 2.00 bits per heavy atom. The van der Waals surface area contributed by atoms with Crippen molar-refractivity contribution in [3.63, 3.8) is 0 Å². The first-order valence-corrected chi connectivity index (χ1v) is 2.29. The predicted molar refractivity (Wildman–Crippen MR) is 25.8 cm³/mol. The fraction of sp³-hybridized carbons (Fsp3) is 0.500. The molecule has 0 rings (SSSR count). The Hall–Kier alpha value is 0.0700. The Morgan fingerprint density at radius 1 is 1.83 bits per heavy atom. The van der Waals surface area contributed by atoms with Crippen molar-refractivity contribution < 1.29 is 10.0 Å². The summed E-state index contributed by atoms with van der Waals surface area (Å²) in [4.78, 5) is 9.13. The van der Waals surface area contributed by atoms with Crippen molar-refractivity contribution in [2.75, 3.05) is 5.33 Å². The summed E-state index contributed by atoms with van der Waals surface area (Å²) in [6, 6.07) is 0. The largest absolute Gasteiger partial charge is 0.320 e. The highest BCUT2D eigenvalue weighted by molar-refractivity contribution is 9.09. The topological polar surface area (TPSA) is 63.3 Å². The van der Waals surface area contributed by atoms with Crippen molar-refractivity contribution >= 4 is 22.2 Å². The standard InChI is InChI=1S/C2H3BrO.H3NO/c3-1-2-4;1-2/h2H,1H2;2H,1H2. The molecule has 38 valence electrons. The third-order valence-electron chi connectivity index (χ3n) is 0.0630. The molecule has 0 fully saturated rings. The summed E-state index contributed by atoms with van der Waals surface area (Å²) < 4.78 is 0. The minimum absolute atomic E-state index is 0.451. The molecule has 0 atom stereocenters. The van der Waals surface area contributed by atoms with Gasteiger partial charge in [-0.3, -0.25) is 0 Å². The van der Waals surface area contributed by atoms with Crippen LogP contribution < -0.4 is 5.90 Å². The lowest BCUT2D eigenvalue weighted by molar-refractivity contribution is -0.105. The van der Waals surface area contributed by atoms with E-state index in [0.29, 0.717) is 5.33 Å². The lowest BCUT2D eigenvalue weighted by atomic mass is 11.0. The maximum Gasteiger partial charge on any atom is 0.130 e. The first kappa shape index (κ1) is 9.42. The minimum atomic E-state index is 0.451. The molecule has 3 nitrogen and oxygen atoms in total. The fourth-order valence-electron chi connectivity index (χ4n) is 0. The van der Waals surface area contributed by atoms with Gasteiger partial charge >= 0.3 is 0 Å². The quantitative estimate of drug-likeness (QED) is 0.317. The van der Waals surface area contributed by atoms with Crippen LogP contribution in [0.15, 0.2) is 0 Å². The number of alkyl halides is 1. The normalized spacial score (nSPS) is 5.17. The van der Waals surface area contributed by atoms with Gasteiger partial charge in [0.1, 0.15) is 6.29 Å². The number of carbonyl (C=O) groups is 1. The van der Waals surface area contributed by atoms with Crippen molar-refractivity contribution in [2.45, 2.75) is 0 Å². The minimum Gasteiger partial charge on any atom is -0.320 e. The zero-order chi connectivity index (χ0) is 5.41. The van der Waals surface area contributed by atoms with Gasteiger partial charge < -0.3 is 10.0 Å². The van der Waals surface area contributed by atoms with Gasteiger partial charge in [-0.2, -0.15) is 0 Å². The molecule has 0 aromatic rings. The summed E-state index contributed by atoms with van der Waals surface area (Å²) in [5, 5.41) is 6.95. The SMILES string of the molecule is NO.O=CCBr. The van der Waals surface area contributed by atoms with Crippen LogP contribution in [0.2, 0.25) is 0 Å². The van der Waals surface area contributed by atoms with Crippen LogP contribution in [0.4, 0.5) is 0 Å². The summed E-state index contributed by atoms with van der Waals surface area (Å²) in [7, 11) is 0. The molecule has 0 unspecified atom stereocenters. The Balaban J connectivity index is 0. The van der Waals surface area contributed by atoms with E-state index in [4.69, 9.17) is 10.0 Å². The van der Waals surface area contributed by atoms with E-state index in [-0.39, 0.29) is 0 Å². The van der Waals surface area contributed by atoms with Crippen molar-refractivity contribution in [2.24, 2.45) is 5.90 Å². The maximum absolute atomic E-state index is 9.13. The Bertz CT molecular complexity index is 25.5. The summed E-state index contributed by atoms with van der Waals surface area (Å²) in [6.45, 7) is 0. The van der Waals surface area contributed by atoms with E-state index < -0.39 is 0 Å². The molecular weight excluding hydrogens is 150 g/mol. The van der Waals surface area contributed by atoms with Gasteiger partial charge in [0.05, 0.1) is 5.33 Å². The molecule has 0 aliphatic rings. The first-order chi connectivity index (χ1) is 2.91. The fourth-order valence-corrected chi connectivity index (χ4v) is 0. The van der Waals surface area contributed by atoms with Crippen LogP contribution in [0.25, 0.3) is 0 Å². The second-order valence-electron chi connectivity index (χ2n) is 0.321. The number of halogens is 1. The van der Waals surface area contributed by atoms with Crippen LogP contribution in [-0.2, 0) is 4.79 Å². The van der Waals surface area contributed by atoms with E-state index in [1.54, 1.807) is 0 Å². The van der Waals surface area contributed by atoms with Crippen LogP contribution in [0, 0.1) is 0 Å². The van der Waals surface area contributed by atoms with E-state index in [1.807, 2.05) is 0 Å². The van der Waals surface area contributed by atoms with Gasteiger partial charge in [0.25, 0.3) is 0 Å². The number of rotatable bonds is 1. The zero-order valence-corrected chi connectivity index (χ0v) is 4.68. The molecule has 0 spiro atoms. The van der Waals surface area contributed by atoms with E-state index >= 15 is 0 Å². The molecule has 0 aliphatic carbocycles. The number of hydrogen-bond donors (Lipinski definition) is 2. The van der Waals surface area contributed by atoms with Crippen LogP contribution in [-0.4, -0.2) is 16.8 Å². The highest BCUT2D eigenvalue weighted by Crippen LogP contribution is 1.65. The monoisotopic (exact) mass is 155 g/mol. The van der Waals surface area contributed by atoms with Crippen molar-refractivity contribution in [3.05, 3.63) is 0 Å². The van der Waals surface area contributed by atoms with Gasteiger partial charge in [-0.25, -0.2) is 5.90 Å². The highest BCUT2D eigenvalue weighted by atomic mass is 79.9. The molecule has 0 aromatic carbocycles. The molecule has 0 radical (unpaired) electrons. The van der Waals surface area contributed by atoms with E-state index in [2.05, 4.69) is 21.8 Å². The van der Waals surface area contributed by atoms with Gasteiger partial charge in [-0.15, -0.1) is 0 Å². The average molecular weight is 156 g/mol. The van der Waals surface area contributed by atoms with Crippen molar-refractivity contribution in [1.29, 1.82) is 0 Å². The number of hydrogen-bond acceptors (Lipinski definition) is 3. The highest BCUT2D eigenvalue weighted by Gasteiger charge is 1.55. The number of aldehydes is 1. The van der Waals surface area contributed by atoms with Gasteiger partial charge in [0, 0.05) is 0 Å². The molecule has 0 aliphatic heterocycles. The third-order valence-corrected chi connectivity index (χ3v) is 0.327. The molecule has 6 heavy (non-hydrogen) atoms. The number of carbonyl (C=O) groups excluding carboxylic acids is 1. The molecule has 0 amide bonds. The lowest BCUT2D eigenvalue weighted by Crippen LogP contribution is -1.72. The van der Waals surface area contributed by atoms with E-state index in [9.17, 15) is 0 Å². The van der Waals surface area contributed by atoms with Gasteiger partial charge in [-0.1, -0.05) is 15.9 Å². The lowest BCUT2D eigenvalue weighted by Gasteiger charge is -1.49. The molecular formula is C2H6BrNO2. The van der Waals surface area contributed by atoms with Crippen molar-refractivity contribution in [3.8, 4) is 0 Å². The molecule has 0 saturated heterocycles. The molecule has 3 N–H and O–H groups in total. The summed E-state index contributed by atoms with van der Waals surface area (Å²) in [5.41, 5.74) is 0. The second kappa shape index (κ2) is 19.6. The van der Waals surface area contributed by atoms with Gasteiger partial charge in [0.15, 0.2) is 0 Å². The predicted octanol–water partition coefficient (Wildman–Crippen LogP) is -0.0855. The molecule has 0 bridgehead atoms. The van der Waals surface area contributed by atoms with Gasteiger partial charge in [0.2, 0.25) is 0 Å². The van der Waals surface area contributed by atoms with E-state index in [0.717, 1.165) is 6.29 Å². The Labute approximate surface area is 44.2 Å². The third kappa shape index (κ3) is 33.5. The Morgan fingerprint density at radius 3 is 2.00 bits per heavy atom. The first-order valence-electron chi connectivity index (χ1n) is 1.17. The van der Waals surface area contributed by atoms with Crippen LogP contribution in [0.3, 0.4) is 0 Å². The second-order valence-corrected chi connectivity index (χ2v) is 0.968. The molecule has 0 saturated carbocycles. The smallest absolute Gasteiger partial charge is 0.130 e. The van der Waals surface area contributed by atoms with Crippen molar-refractivity contribution in [1.82, 2.24) is 0 Å².